The summed E-state index contributed by atoms with van der Waals surface area (Å²) in [6.07, 6.45) is 3.67. The molecule has 5 heteroatoms. The zero-order valence-electron chi connectivity index (χ0n) is 9.82. The fraction of sp³-hybridized carbons (Fsp3) is 0.500. The van der Waals surface area contributed by atoms with Gasteiger partial charge in [0.2, 0.25) is 5.91 Å². The summed E-state index contributed by atoms with van der Waals surface area (Å²) < 4.78 is 0.974. The van der Waals surface area contributed by atoms with Crippen molar-refractivity contribution in [3.63, 3.8) is 0 Å². The number of carbonyl (C=O) groups excluding carboxylic acids is 1. The van der Waals surface area contributed by atoms with E-state index in [1.54, 1.807) is 6.20 Å². The Labute approximate surface area is 109 Å². The summed E-state index contributed by atoms with van der Waals surface area (Å²) in [5, 5.41) is 0. The maximum Gasteiger partial charge on any atom is 0.222 e. The van der Waals surface area contributed by atoms with Crippen LogP contribution in [0.25, 0.3) is 0 Å². The van der Waals surface area contributed by atoms with Gasteiger partial charge in [-0.05, 0) is 47.3 Å². The number of pyridine rings is 1. The van der Waals surface area contributed by atoms with Gasteiger partial charge in [-0.25, -0.2) is 4.98 Å². The van der Waals surface area contributed by atoms with Crippen molar-refractivity contribution >= 4 is 27.7 Å². The van der Waals surface area contributed by atoms with Gasteiger partial charge in [-0.2, -0.15) is 0 Å². The van der Waals surface area contributed by atoms with Crippen LogP contribution in [0, 0.1) is 12.8 Å². The van der Waals surface area contributed by atoms with Gasteiger partial charge in [0.05, 0.1) is 5.92 Å². The first-order valence-electron chi connectivity index (χ1n) is 5.74. The second-order valence-electron chi connectivity index (χ2n) is 4.48. The molecule has 0 bridgehead atoms. The molecule has 0 aliphatic carbocycles. The van der Waals surface area contributed by atoms with E-state index in [0.717, 1.165) is 35.2 Å². The number of piperidine rings is 1. The Balaban J connectivity index is 2.19. The van der Waals surface area contributed by atoms with Gasteiger partial charge < -0.3 is 10.6 Å². The molecule has 2 rings (SSSR count). The molecule has 1 saturated heterocycles. The fourth-order valence-corrected chi connectivity index (χ4v) is 2.71. The van der Waals surface area contributed by atoms with Crippen LogP contribution in [0.3, 0.4) is 0 Å². The number of amides is 1. The van der Waals surface area contributed by atoms with Crippen LogP contribution >= 0.6 is 15.9 Å². The minimum atomic E-state index is -0.204. The first kappa shape index (κ1) is 12.4. The van der Waals surface area contributed by atoms with Crippen LogP contribution in [0.5, 0.6) is 0 Å². The lowest BCUT2D eigenvalue weighted by Crippen LogP contribution is -2.41. The second-order valence-corrected chi connectivity index (χ2v) is 5.40. The summed E-state index contributed by atoms with van der Waals surface area (Å²) >= 11 is 3.40. The molecule has 1 fully saturated rings. The summed E-state index contributed by atoms with van der Waals surface area (Å²) in [5.41, 5.74) is 6.49. The molecule has 0 aromatic carbocycles. The van der Waals surface area contributed by atoms with E-state index >= 15 is 0 Å². The molecule has 1 aromatic rings. The molecule has 4 nitrogen and oxygen atoms in total. The van der Waals surface area contributed by atoms with Crippen molar-refractivity contribution in [2.75, 3.05) is 18.0 Å². The zero-order valence-corrected chi connectivity index (χ0v) is 11.4. The van der Waals surface area contributed by atoms with Crippen molar-refractivity contribution in [3.05, 3.63) is 22.3 Å². The van der Waals surface area contributed by atoms with Crippen LogP contribution < -0.4 is 10.6 Å². The summed E-state index contributed by atoms with van der Waals surface area (Å²) in [6.45, 7) is 3.66. The summed E-state index contributed by atoms with van der Waals surface area (Å²) in [4.78, 5) is 17.8. The maximum atomic E-state index is 11.2. The second kappa shape index (κ2) is 5.04. The lowest BCUT2D eigenvalue weighted by Gasteiger charge is -2.33. The third kappa shape index (κ3) is 2.77. The number of primary amides is 1. The Morgan fingerprint density at radius 3 is 3.06 bits per heavy atom. The fourth-order valence-electron chi connectivity index (χ4n) is 2.27. The number of aromatic nitrogens is 1. The molecule has 1 aromatic heterocycles. The van der Waals surface area contributed by atoms with Crippen molar-refractivity contribution in [3.8, 4) is 0 Å². The van der Waals surface area contributed by atoms with E-state index < -0.39 is 0 Å². The van der Waals surface area contributed by atoms with Crippen molar-refractivity contribution in [1.82, 2.24) is 4.98 Å². The molecule has 0 radical (unpaired) electrons. The van der Waals surface area contributed by atoms with Gasteiger partial charge in [0.25, 0.3) is 0 Å². The molecule has 2 heterocycles. The minimum Gasteiger partial charge on any atom is -0.369 e. The number of aryl methyl sites for hydroxylation is 1. The van der Waals surface area contributed by atoms with E-state index in [-0.39, 0.29) is 11.8 Å². The molecule has 0 saturated carbocycles. The van der Waals surface area contributed by atoms with Crippen molar-refractivity contribution < 1.29 is 4.79 Å². The van der Waals surface area contributed by atoms with Gasteiger partial charge in [-0.15, -0.1) is 0 Å². The number of nitrogens with two attached hydrogens (primary N) is 1. The maximum absolute atomic E-state index is 11.2. The normalized spacial score (nSPS) is 20.4. The van der Waals surface area contributed by atoms with Gasteiger partial charge in [0.1, 0.15) is 5.82 Å². The molecule has 2 N–H and O–H groups in total. The lowest BCUT2D eigenvalue weighted by atomic mass is 9.97. The van der Waals surface area contributed by atoms with Crippen molar-refractivity contribution in [2.45, 2.75) is 19.8 Å². The molecule has 1 aliphatic heterocycles. The molecule has 17 heavy (non-hydrogen) atoms. The van der Waals surface area contributed by atoms with Crippen LogP contribution in [-0.2, 0) is 4.79 Å². The third-order valence-corrected chi connectivity index (χ3v) is 3.57. The minimum absolute atomic E-state index is 0.0476. The quantitative estimate of drug-likeness (QED) is 0.906. The Morgan fingerprint density at radius 2 is 2.41 bits per heavy atom. The van der Waals surface area contributed by atoms with Gasteiger partial charge in [0, 0.05) is 23.8 Å². The van der Waals surface area contributed by atoms with Gasteiger partial charge in [0.15, 0.2) is 0 Å². The average molecular weight is 298 g/mol. The highest BCUT2D eigenvalue weighted by Gasteiger charge is 2.25. The Bertz CT molecular complexity index is 436. The number of anilines is 1. The summed E-state index contributed by atoms with van der Waals surface area (Å²) in [6, 6.07) is 2.04. The number of nitrogens with zero attached hydrogens (tertiary/aromatic N) is 2. The first-order chi connectivity index (χ1) is 8.08. The highest BCUT2D eigenvalue weighted by Crippen LogP contribution is 2.25. The van der Waals surface area contributed by atoms with Crippen molar-refractivity contribution in [2.24, 2.45) is 11.7 Å². The van der Waals surface area contributed by atoms with Crippen LogP contribution in [-0.4, -0.2) is 24.0 Å². The van der Waals surface area contributed by atoms with Gasteiger partial charge in [-0.1, -0.05) is 0 Å². The molecular formula is C12H16BrN3O. The smallest absolute Gasteiger partial charge is 0.222 e. The monoisotopic (exact) mass is 297 g/mol. The number of hydrogen-bond donors (Lipinski definition) is 1. The molecule has 1 atom stereocenters. The van der Waals surface area contributed by atoms with Crippen LogP contribution in [0.4, 0.5) is 5.82 Å². The van der Waals surface area contributed by atoms with Crippen LogP contribution in [0.15, 0.2) is 16.7 Å². The average Bonchev–Trinajstić information content (AvgIpc) is 2.29. The van der Waals surface area contributed by atoms with E-state index in [4.69, 9.17) is 5.73 Å². The standard InChI is InChI=1S/C12H16BrN3O/c1-8-5-10(13)6-15-12(8)16-4-2-3-9(7-16)11(14)17/h5-6,9H,2-4,7H2,1H3,(H2,14,17). The Hall–Kier alpha value is -1.10. The van der Waals surface area contributed by atoms with E-state index in [0.29, 0.717) is 6.54 Å². The highest BCUT2D eigenvalue weighted by molar-refractivity contribution is 9.10. The Kier molecular flexibility index (Phi) is 3.66. The van der Waals surface area contributed by atoms with E-state index in [2.05, 4.69) is 25.8 Å². The molecule has 1 aliphatic rings. The molecule has 1 amide bonds. The van der Waals surface area contributed by atoms with Gasteiger partial charge >= 0.3 is 0 Å². The summed E-state index contributed by atoms with van der Waals surface area (Å²) in [5.74, 6) is 0.706. The SMILES string of the molecule is Cc1cc(Br)cnc1N1CCCC(C(N)=O)C1. The third-order valence-electron chi connectivity index (χ3n) is 3.14. The zero-order chi connectivity index (χ0) is 12.4. The molecule has 0 spiro atoms. The highest BCUT2D eigenvalue weighted by atomic mass is 79.9. The molecule has 92 valence electrons. The van der Waals surface area contributed by atoms with E-state index in [9.17, 15) is 4.79 Å². The van der Waals surface area contributed by atoms with Crippen LogP contribution in [0.1, 0.15) is 18.4 Å². The van der Waals surface area contributed by atoms with E-state index in [1.807, 2.05) is 13.0 Å². The molecular weight excluding hydrogens is 282 g/mol. The first-order valence-corrected chi connectivity index (χ1v) is 6.53. The lowest BCUT2D eigenvalue weighted by molar-refractivity contribution is -0.122. The largest absolute Gasteiger partial charge is 0.369 e. The number of halogens is 1. The predicted molar refractivity (Wildman–Crippen MR) is 70.8 cm³/mol. The topological polar surface area (TPSA) is 59.2 Å². The van der Waals surface area contributed by atoms with Crippen LogP contribution in [0.2, 0.25) is 0 Å². The number of carbonyl (C=O) groups is 1. The number of hydrogen-bond acceptors (Lipinski definition) is 3. The summed E-state index contributed by atoms with van der Waals surface area (Å²) in [7, 11) is 0. The molecule has 1 unspecified atom stereocenters. The van der Waals surface area contributed by atoms with Crippen molar-refractivity contribution in [1.29, 1.82) is 0 Å². The Morgan fingerprint density at radius 1 is 1.65 bits per heavy atom. The van der Waals surface area contributed by atoms with E-state index in [1.165, 1.54) is 0 Å². The van der Waals surface area contributed by atoms with Gasteiger partial charge in [-0.3, -0.25) is 4.79 Å². The predicted octanol–water partition coefficient (Wildman–Crippen LogP) is 1.85. The number of rotatable bonds is 2.